The third-order valence-electron chi connectivity index (χ3n) is 6.61. The molecule has 2 saturated heterocycles. The van der Waals surface area contributed by atoms with Crippen LogP contribution in [0.25, 0.3) is 0 Å². The fourth-order valence-electron chi connectivity index (χ4n) is 4.49. The summed E-state index contributed by atoms with van der Waals surface area (Å²) < 4.78 is 4.78. The molecule has 33 heavy (non-hydrogen) atoms. The molecule has 10 heteroatoms. The molecule has 0 bridgehead atoms. The van der Waals surface area contributed by atoms with Gasteiger partial charge in [0.25, 0.3) is 6.47 Å². The van der Waals surface area contributed by atoms with Crippen molar-refractivity contribution in [2.75, 3.05) is 26.7 Å². The van der Waals surface area contributed by atoms with E-state index in [4.69, 9.17) is 4.74 Å². The third kappa shape index (κ3) is 6.91. The van der Waals surface area contributed by atoms with Crippen LogP contribution in [0.4, 0.5) is 0 Å². The molecule has 0 saturated carbocycles. The summed E-state index contributed by atoms with van der Waals surface area (Å²) in [6.07, 6.45) is 2.66. The molecule has 0 aromatic rings. The van der Waals surface area contributed by atoms with Crippen molar-refractivity contribution in [3.8, 4) is 0 Å². The number of carbonyl (C=O) groups excluding carboxylic acids is 5. The van der Waals surface area contributed by atoms with E-state index in [-0.39, 0.29) is 24.1 Å². The minimum absolute atomic E-state index is 0.00296. The van der Waals surface area contributed by atoms with Crippen LogP contribution < -0.4 is 5.32 Å². The highest BCUT2D eigenvalue weighted by molar-refractivity contribution is 5.94. The molecule has 2 aliphatic heterocycles. The second-order valence-electron chi connectivity index (χ2n) is 9.38. The number of piperidine rings is 1. The molecule has 1 N–H and O–H groups in total. The Morgan fingerprint density at radius 1 is 1.12 bits per heavy atom. The van der Waals surface area contributed by atoms with E-state index in [1.165, 1.54) is 16.8 Å². The van der Waals surface area contributed by atoms with Gasteiger partial charge in [-0.3, -0.25) is 24.0 Å². The topological polar surface area (TPSA) is 116 Å². The number of nitrogens with zero attached hydrogens (tertiary/aromatic N) is 3. The molecule has 0 aromatic carbocycles. The van der Waals surface area contributed by atoms with Gasteiger partial charge in [0.05, 0.1) is 6.42 Å². The number of likely N-dealkylation sites (tertiary alicyclic amines) is 2. The second-order valence-corrected chi connectivity index (χ2v) is 9.38. The van der Waals surface area contributed by atoms with Crippen LogP contribution in [0.15, 0.2) is 0 Å². The van der Waals surface area contributed by atoms with Gasteiger partial charge in [-0.1, -0.05) is 6.92 Å². The van der Waals surface area contributed by atoms with Crippen LogP contribution in [0.5, 0.6) is 0 Å². The van der Waals surface area contributed by atoms with Crippen LogP contribution in [-0.4, -0.2) is 95.7 Å². The quantitative estimate of drug-likeness (QED) is 0.496. The van der Waals surface area contributed by atoms with E-state index in [9.17, 15) is 24.0 Å². The Kier molecular flexibility index (Phi) is 9.67. The highest BCUT2D eigenvalue weighted by Gasteiger charge is 2.38. The summed E-state index contributed by atoms with van der Waals surface area (Å²) in [5, 5.41) is 2.74. The Morgan fingerprint density at radius 3 is 2.42 bits per heavy atom. The highest BCUT2D eigenvalue weighted by atomic mass is 16.5. The van der Waals surface area contributed by atoms with Crippen molar-refractivity contribution in [1.29, 1.82) is 0 Å². The molecule has 2 rings (SSSR count). The predicted molar refractivity (Wildman–Crippen MR) is 121 cm³/mol. The van der Waals surface area contributed by atoms with Crippen LogP contribution in [-0.2, 0) is 28.7 Å². The fraction of sp³-hybridized carbons (Fsp3) is 0.783. The van der Waals surface area contributed by atoms with Crippen LogP contribution in [0.3, 0.4) is 0 Å². The lowest BCUT2D eigenvalue weighted by Crippen LogP contribution is -2.56. The largest absolute Gasteiger partial charge is 0.464 e. The minimum atomic E-state index is -0.803. The number of carbonyl (C=O) groups is 5. The zero-order valence-corrected chi connectivity index (χ0v) is 20.4. The molecule has 5 unspecified atom stereocenters. The number of nitrogens with one attached hydrogen (secondary N) is 1. The first-order chi connectivity index (χ1) is 15.6. The lowest BCUT2D eigenvalue weighted by molar-refractivity contribution is -0.148. The van der Waals surface area contributed by atoms with Crippen LogP contribution >= 0.6 is 0 Å². The first-order valence-electron chi connectivity index (χ1n) is 11.8. The zero-order valence-electron chi connectivity index (χ0n) is 20.4. The molecule has 2 aliphatic rings. The Bertz CT molecular complexity index is 744. The number of hydrogen-bond donors (Lipinski definition) is 1. The van der Waals surface area contributed by atoms with Gasteiger partial charge < -0.3 is 24.8 Å². The maximum Gasteiger partial charge on any atom is 0.293 e. The van der Waals surface area contributed by atoms with E-state index in [2.05, 4.69) is 12.2 Å². The van der Waals surface area contributed by atoms with Crippen molar-refractivity contribution < 1.29 is 28.7 Å². The monoisotopic (exact) mass is 466 g/mol. The van der Waals surface area contributed by atoms with Crippen molar-refractivity contribution in [3.05, 3.63) is 0 Å². The van der Waals surface area contributed by atoms with E-state index in [1.807, 2.05) is 0 Å². The van der Waals surface area contributed by atoms with E-state index < -0.39 is 30.1 Å². The van der Waals surface area contributed by atoms with Crippen molar-refractivity contribution >= 4 is 30.1 Å². The molecule has 0 spiro atoms. The van der Waals surface area contributed by atoms with Gasteiger partial charge in [0.15, 0.2) is 0 Å². The van der Waals surface area contributed by atoms with E-state index in [0.29, 0.717) is 44.9 Å². The standard InChI is InChI=1S/C23H38N4O6/c1-15-8-6-10-26(13-15)22(31)17(3)24-21(30)18(4)25(5)23(32)19-9-7-11-27(19)20(29)12-16(2)33-14-28/h14-19H,6-13H2,1-5H3,(H,24,30). The smallest absolute Gasteiger partial charge is 0.293 e. The van der Waals surface area contributed by atoms with Crippen LogP contribution in [0, 0.1) is 5.92 Å². The van der Waals surface area contributed by atoms with Crippen molar-refractivity contribution in [2.45, 2.75) is 84.0 Å². The molecule has 0 aromatic heterocycles. The SMILES string of the molecule is CC1CCCN(C(=O)C(C)NC(=O)C(C)N(C)C(=O)C2CCCN2C(=O)CC(C)OC=O)C1. The summed E-state index contributed by atoms with van der Waals surface area (Å²) in [7, 11) is 1.53. The zero-order chi connectivity index (χ0) is 24.7. The van der Waals surface area contributed by atoms with Gasteiger partial charge in [-0.15, -0.1) is 0 Å². The number of amides is 4. The van der Waals surface area contributed by atoms with Gasteiger partial charge in [-0.2, -0.15) is 0 Å². The number of hydrogen-bond acceptors (Lipinski definition) is 6. The summed E-state index contributed by atoms with van der Waals surface area (Å²) in [6.45, 7) is 9.12. The Hall–Kier alpha value is -2.65. The molecule has 2 fully saturated rings. The maximum atomic E-state index is 13.1. The van der Waals surface area contributed by atoms with E-state index in [1.54, 1.807) is 25.7 Å². The lowest BCUT2D eigenvalue weighted by Gasteiger charge is -2.34. The first-order valence-corrected chi connectivity index (χ1v) is 11.8. The summed E-state index contributed by atoms with van der Waals surface area (Å²) in [5.41, 5.74) is 0. The summed E-state index contributed by atoms with van der Waals surface area (Å²) in [4.78, 5) is 66.3. The molecule has 0 radical (unpaired) electrons. The van der Waals surface area contributed by atoms with Gasteiger partial charge in [-0.25, -0.2) is 0 Å². The minimum Gasteiger partial charge on any atom is -0.464 e. The fourth-order valence-corrected chi connectivity index (χ4v) is 4.49. The maximum absolute atomic E-state index is 13.1. The molecule has 2 heterocycles. The number of rotatable bonds is 9. The first kappa shape index (κ1) is 26.6. The number of likely N-dealkylation sites (N-methyl/N-ethyl adjacent to an activating group) is 1. The molecule has 5 atom stereocenters. The summed E-state index contributed by atoms with van der Waals surface area (Å²) in [6, 6.07) is -2.14. The lowest BCUT2D eigenvalue weighted by atomic mass is 10.00. The van der Waals surface area contributed by atoms with Crippen LogP contribution in [0.1, 0.15) is 59.8 Å². The van der Waals surface area contributed by atoms with Gasteiger partial charge in [0.2, 0.25) is 23.6 Å². The molecular weight excluding hydrogens is 428 g/mol. The summed E-state index contributed by atoms with van der Waals surface area (Å²) >= 11 is 0. The normalized spacial score (nSPS) is 23.3. The van der Waals surface area contributed by atoms with E-state index in [0.717, 1.165) is 12.8 Å². The molecule has 186 valence electrons. The Labute approximate surface area is 196 Å². The van der Waals surface area contributed by atoms with E-state index >= 15 is 0 Å². The highest BCUT2D eigenvalue weighted by Crippen LogP contribution is 2.22. The molecule has 4 amide bonds. The molecule has 10 nitrogen and oxygen atoms in total. The van der Waals surface area contributed by atoms with Gasteiger partial charge >= 0.3 is 0 Å². The van der Waals surface area contributed by atoms with Gasteiger partial charge in [0, 0.05) is 26.7 Å². The average molecular weight is 467 g/mol. The molecule has 0 aliphatic carbocycles. The van der Waals surface area contributed by atoms with Crippen molar-refractivity contribution in [1.82, 2.24) is 20.0 Å². The van der Waals surface area contributed by atoms with Crippen molar-refractivity contribution in [2.24, 2.45) is 5.92 Å². The Balaban J connectivity index is 1.93. The van der Waals surface area contributed by atoms with Gasteiger partial charge in [0.1, 0.15) is 24.2 Å². The predicted octanol–water partition coefficient (Wildman–Crippen LogP) is 0.539. The van der Waals surface area contributed by atoms with Gasteiger partial charge in [-0.05, 0) is 52.4 Å². The third-order valence-corrected chi connectivity index (χ3v) is 6.61. The van der Waals surface area contributed by atoms with Crippen molar-refractivity contribution in [3.63, 3.8) is 0 Å². The molecular formula is C23H38N4O6. The average Bonchev–Trinajstić information content (AvgIpc) is 3.27. The summed E-state index contributed by atoms with van der Waals surface area (Å²) in [5.74, 6) is -0.675. The second kappa shape index (κ2) is 12.0. The Morgan fingerprint density at radius 2 is 1.79 bits per heavy atom. The number of ether oxygens (including phenoxy) is 1. The van der Waals surface area contributed by atoms with Crippen LogP contribution in [0.2, 0.25) is 0 Å².